The molecule has 2 heterocycles. The maximum absolute atomic E-state index is 11.6. The van der Waals surface area contributed by atoms with Gasteiger partial charge in [0.1, 0.15) is 0 Å². The molecule has 0 saturated carbocycles. The summed E-state index contributed by atoms with van der Waals surface area (Å²) in [6.07, 6.45) is 1.69. The van der Waals surface area contributed by atoms with Gasteiger partial charge in [-0.3, -0.25) is 4.79 Å². The Bertz CT molecular complexity index is 314. The Morgan fingerprint density at radius 2 is 2.07 bits per heavy atom. The number of esters is 1. The van der Waals surface area contributed by atoms with Crippen LogP contribution in [0.15, 0.2) is 0 Å². The Morgan fingerprint density at radius 3 is 2.50 bits per heavy atom. The lowest BCUT2D eigenvalue weighted by Crippen LogP contribution is -2.72. The van der Waals surface area contributed by atoms with Crippen LogP contribution in [0.25, 0.3) is 0 Å². The van der Waals surface area contributed by atoms with Crippen LogP contribution in [0.5, 0.6) is 0 Å². The van der Waals surface area contributed by atoms with Crippen molar-refractivity contribution in [2.24, 2.45) is 5.92 Å². The van der Waals surface area contributed by atoms with E-state index < -0.39 is 11.1 Å². The van der Waals surface area contributed by atoms with Crippen molar-refractivity contribution in [3.05, 3.63) is 0 Å². The van der Waals surface area contributed by atoms with Gasteiger partial charge in [-0.25, -0.2) is 4.79 Å². The first-order chi connectivity index (χ1) is 6.45. The third-order valence-corrected chi connectivity index (χ3v) is 3.64. The first-order valence-electron chi connectivity index (χ1n) is 5.01. The first kappa shape index (κ1) is 9.49. The summed E-state index contributed by atoms with van der Waals surface area (Å²) in [5.74, 6) is -0.551. The van der Waals surface area contributed by atoms with Crippen molar-refractivity contribution < 1.29 is 14.3 Å². The van der Waals surface area contributed by atoms with E-state index in [-0.39, 0.29) is 17.8 Å². The van der Waals surface area contributed by atoms with Crippen molar-refractivity contribution in [3.8, 4) is 0 Å². The predicted molar refractivity (Wildman–Crippen MR) is 49.4 cm³/mol. The molecule has 2 saturated heterocycles. The van der Waals surface area contributed by atoms with E-state index in [1.54, 1.807) is 6.92 Å². The number of hydrogen-bond acceptors (Lipinski definition) is 3. The Balaban J connectivity index is 2.31. The van der Waals surface area contributed by atoms with Gasteiger partial charge in [-0.05, 0) is 20.3 Å². The Labute approximate surface area is 83.0 Å². The van der Waals surface area contributed by atoms with Crippen LogP contribution >= 0.6 is 0 Å². The number of nitrogens with one attached hydrogen (secondary N) is 1. The summed E-state index contributed by atoms with van der Waals surface area (Å²) in [5.41, 5.74) is -1.42. The molecule has 0 unspecified atom stereocenters. The van der Waals surface area contributed by atoms with E-state index in [2.05, 4.69) is 5.32 Å². The van der Waals surface area contributed by atoms with Crippen molar-refractivity contribution in [2.75, 3.05) is 0 Å². The van der Waals surface area contributed by atoms with Gasteiger partial charge in [0.25, 0.3) is 0 Å². The summed E-state index contributed by atoms with van der Waals surface area (Å²) in [5, 5.41) is 2.74. The summed E-state index contributed by atoms with van der Waals surface area (Å²) in [7, 11) is 0. The van der Waals surface area contributed by atoms with Crippen LogP contribution < -0.4 is 5.32 Å². The first-order valence-corrected chi connectivity index (χ1v) is 5.01. The van der Waals surface area contributed by atoms with Crippen LogP contribution in [-0.2, 0) is 14.3 Å². The van der Waals surface area contributed by atoms with Crippen LogP contribution in [0.1, 0.15) is 33.6 Å². The summed E-state index contributed by atoms with van der Waals surface area (Å²) < 4.78 is 5.17. The largest absolute Gasteiger partial charge is 0.454 e. The van der Waals surface area contributed by atoms with Crippen molar-refractivity contribution in [3.63, 3.8) is 0 Å². The average molecular weight is 197 g/mol. The molecular weight excluding hydrogens is 182 g/mol. The quantitative estimate of drug-likeness (QED) is 0.660. The summed E-state index contributed by atoms with van der Waals surface area (Å²) in [4.78, 5) is 22.9. The minimum atomic E-state index is -0.788. The van der Waals surface area contributed by atoms with Crippen LogP contribution in [0.4, 0.5) is 0 Å². The second-order valence-corrected chi connectivity index (χ2v) is 4.45. The number of carbonyl (C=O) groups is 2. The number of rotatable bonds is 2. The highest BCUT2D eigenvalue weighted by Gasteiger charge is 2.73. The molecule has 0 aromatic rings. The van der Waals surface area contributed by atoms with Gasteiger partial charge in [0.15, 0.2) is 11.1 Å². The molecule has 0 bridgehead atoms. The molecule has 2 rings (SSSR count). The fraction of sp³-hybridized carbons (Fsp3) is 0.800. The molecular formula is C10H15NO3. The van der Waals surface area contributed by atoms with Crippen molar-refractivity contribution in [2.45, 2.75) is 44.8 Å². The number of amides is 1. The van der Waals surface area contributed by atoms with E-state index >= 15 is 0 Å². The number of hydrogen-bond donors (Lipinski definition) is 1. The molecule has 14 heavy (non-hydrogen) atoms. The van der Waals surface area contributed by atoms with Gasteiger partial charge in [0.2, 0.25) is 5.91 Å². The van der Waals surface area contributed by atoms with E-state index in [1.165, 1.54) is 0 Å². The van der Waals surface area contributed by atoms with Crippen LogP contribution in [-0.4, -0.2) is 23.0 Å². The SMILES string of the molecule is CCC[C@H]1C(=O)N[C@@]2(C)C(=O)O[C@@]12C. The maximum atomic E-state index is 11.6. The van der Waals surface area contributed by atoms with Gasteiger partial charge in [0.05, 0.1) is 5.92 Å². The Hall–Kier alpha value is -1.06. The molecule has 1 N–H and O–H groups in total. The fourth-order valence-electron chi connectivity index (χ4n) is 2.43. The molecule has 1 amide bonds. The van der Waals surface area contributed by atoms with Crippen molar-refractivity contribution in [1.82, 2.24) is 5.32 Å². The molecule has 4 nitrogen and oxygen atoms in total. The third-order valence-electron chi connectivity index (χ3n) is 3.64. The van der Waals surface area contributed by atoms with E-state index in [0.717, 1.165) is 12.8 Å². The molecule has 0 aliphatic carbocycles. The monoisotopic (exact) mass is 197 g/mol. The molecule has 2 aliphatic rings. The summed E-state index contributed by atoms with van der Waals surface area (Å²) in [6, 6.07) is 0. The third kappa shape index (κ3) is 0.792. The minimum Gasteiger partial charge on any atom is -0.454 e. The standard InChI is InChI=1S/C10H15NO3/c1-4-5-6-7(12)11-9(2)8(13)14-10(6,9)3/h6H,4-5H2,1-3H3,(H,11,12)/t6-,9-,10-/m0/s1. The van der Waals surface area contributed by atoms with Gasteiger partial charge >= 0.3 is 5.97 Å². The number of ether oxygens (including phenoxy) is 1. The highest BCUT2D eigenvalue weighted by Crippen LogP contribution is 2.49. The van der Waals surface area contributed by atoms with Crippen LogP contribution in [0, 0.1) is 5.92 Å². The average Bonchev–Trinajstić information content (AvgIpc) is 2.25. The number of carbonyl (C=O) groups excluding carboxylic acids is 2. The molecule has 2 fully saturated rings. The van der Waals surface area contributed by atoms with Gasteiger partial charge in [-0.15, -0.1) is 0 Å². The lowest BCUT2D eigenvalue weighted by molar-refractivity contribution is -0.216. The lowest BCUT2D eigenvalue weighted by Gasteiger charge is -2.49. The Morgan fingerprint density at radius 1 is 1.43 bits per heavy atom. The van der Waals surface area contributed by atoms with E-state index in [4.69, 9.17) is 4.74 Å². The van der Waals surface area contributed by atoms with E-state index in [1.807, 2.05) is 13.8 Å². The van der Waals surface area contributed by atoms with Crippen molar-refractivity contribution in [1.29, 1.82) is 0 Å². The maximum Gasteiger partial charge on any atom is 0.336 e. The Kier molecular flexibility index (Phi) is 1.69. The number of fused-ring (bicyclic) bond motifs is 1. The lowest BCUT2D eigenvalue weighted by atomic mass is 9.72. The molecule has 4 heteroatoms. The van der Waals surface area contributed by atoms with Gasteiger partial charge in [0, 0.05) is 0 Å². The predicted octanol–water partition coefficient (Wildman–Crippen LogP) is 0.607. The zero-order chi connectivity index (χ0) is 10.6. The molecule has 2 aliphatic heterocycles. The second-order valence-electron chi connectivity index (χ2n) is 4.45. The highest BCUT2D eigenvalue weighted by atomic mass is 16.6. The zero-order valence-corrected chi connectivity index (χ0v) is 8.72. The molecule has 0 aromatic carbocycles. The minimum absolute atomic E-state index is 0.0531. The fourth-order valence-corrected chi connectivity index (χ4v) is 2.43. The van der Waals surface area contributed by atoms with E-state index in [0.29, 0.717) is 0 Å². The second kappa shape index (κ2) is 2.49. The smallest absolute Gasteiger partial charge is 0.336 e. The van der Waals surface area contributed by atoms with Gasteiger partial charge in [-0.1, -0.05) is 13.3 Å². The molecule has 0 radical (unpaired) electrons. The summed E-state index contributed by atoms with van der Waals surface area (Å²) >= 11 is 0. The molecule has 0 aromatic heterocycles. The van der Waals surface area contributed by atoms with Crippen molar-refractivity contribution >= 4 is 11.9 Å². The zero-order valence-electron chi connectivity index (χ0n) is 8.72. The summed E-state index contributed by atoms with van der Waals surface area (Å²) in [6.45, 7) is 5.60. The van der Waals surface area contributed by atoms with E-state index in [9.17, 15) is 9.59 Å². The normalized spacial score (nSPS) is 45.2. The van der Waals surface area contributed by atoms with Crippen LogP contribution in [0.2, 0.25) is 0 Å². The highest BCUT2D eigenvalue weighted by molar-refractivity contribution is 6.00. The van der Waals surface area contributed by atoms with Gasteiger partial charge in [-0.2, -0.15) is 0 Å². The molecule has 3 atom stereocenters. The van der Waals surface area contributed by atoms with Crippen LogP contribution in [0.3, 0.4) is 0 Å². The topological polar surface area (TPSA) is 55.4 Å². The molecule has 0 spiro atoms. The van der Waals surface area contributed by atoms with Gasteiger partial charge < -0.3 is 10.1 Å². The molecule has 78 valence electrons.